The third-order valence-corrected chi connectivity index (χ3v) is 4.49. The molecule has 2 aromatic rings. The molecule has 3 N–H and O–H groups in total. The number of nitro benzene ring substituents is 1. The van der Waals surface area contributed by atoms with Gasteiger partial charge in [0.25, 0.3) is 5.69 Å². The number of hydrogen-bond donors (Lipinski definition) is 3. The molecule has 1 heterocycles. The van der Waals surface area contributed by atoms with Crippen LogP contribution in [0.2, 0.25) is 0 Å². The summed E-state index contributed by atoms with van der Waals surface area (Å²) >= 11 is 0. The molecule has 1 aromatic heterocycles. The van der Waals surface area contributed by atoms with E-state index in [2.05, 4.69) is 10.3 Å². The average molecular weight is 331 g/mol. The number of nitrogens with one attached hydrogen (secondary N) is 2. The third kappa shape index (κ3) is 3.08. The zero-order chi connectivity index (χ0) is 17.3. The number of non-ortho nitro benzene ring substituents is 1. The monoisotopic (exact) mass is 331 g/mol. The first-order valence-electron chi connectivity index (χ1n) is 7.72. The first kappa shape index (κ1) is 16.0. The molecule has 3 rings (SSSR count). The number of nitro groups is 1. The number of carboxylic acid groups (broad SMARTS) is 1. The van der Waals surface area contributed by atoms with E-state index < -0.39 is 16.8 Å². The number of carbonyl (C=O) groups excluding carboxylic acids is 1. The molecular weight excluding hydrogens is 314 g/mol. The summed E-state index contributed by atoms with van der Waals surface area (Å²) in [6.07, 6.45) is 3.70. The van der Waals surface area contributed by atoms with Crippen LogP contribution < -0.4 is 5.32 Å². The number of nitrogens with zero attached hydrogens (tertiary/aromatic N) is 1. The zero-order valence-electron chi connectivity index (χ0n) is 12.8. The van der Waals surface area contributed by atoms with Gasteiger partial charge in [0.2, 0.25) is 5.91 Å². The Balaban J connectivity index is 1.74. The Morgan fingerprint density at radius 3 is 2.88 bits per heavy atom. The Hall–Kier alpha value is -2.90. The molecule has 0 bridgehead atoms. The predicted octanol–water partition coefficient (Wildman–Crippen LogP) is 1.99. The Labute approximate surface area is 137 Å². The van der Waals surface area contributed by atoms with Gasteiger partial charge in [-0.1, -0.05) is 6.42 Å². The Bertz CT molecular complexity index is 813. The quantitative estimate of drug-likeness (QED) is 0.570. The maximum atomic E-state index is 12.2. The number of rotatable bonds is 5. The molecule has 8 nitrogen and oxygen atoms in total. The molecule has 1 aromatic carbocycles. The highest BCUT2D eigenvalue weighted by atomic mass is 16.6. The number of benzene rings is 1. The summed E-state index contributed by atoms with van der Waals surface area (Å²) in [6.45, 7) is 0. The summed E-state index contributed by atoms with van der Waals surface area (Å²) in [4.78, 5) is 36.8. The van der Waals surface area contributed by atoms with Crippen molar-refractivity contribution < 1.29 is 19.6 Å². The van der Waals surface area contributed by atoms with Crippen molar-refractivity contribution in [3.8, 4) is 0 Å². The molecule has 1 aliphatic rings. The van der Waals surface area contributed by atoms with E-state index >= 15 is 0 Å². The summed E-state index contributed by atoms with van der Waals surface area (Å²) in [6, 6.07) is 4.09. The fourth-order valence-corrected chi connectivity index (χ4v) is 3.29. The smallest absolute Gasteiger partial charge is 0.308 e. The van der Waals surface area contributed by atoms with E-state index in [-0.39, 0.29) is 24.1 Å². The summed E-state index contributed by atoms with van der Waals surface area (Å²) in [5.74, 6) is -1.71. The van der Waals surface area contributed by atoms with Gasteiger partial charge in [-0.05, 0) is 24.5 Å². The second-order valence-electron chi connectivity index (χ2n) is 6.03. The molecule has 1 amide bonds. The molecule has 24 heavy (non-hydrogen) atoms. The molecule has 0 radical (unpaired) electrons. The van der Waals surface area contributed by atoms with E-state index in [4.69, 9.17) is 5.11 Å². The second-order valence-corrected chi connectivity index (χ2v) is 6.03. The van der Waals surface area contributed by atoms with Gasteiger partial charge in [-0.3, -0.25) is 19.7 Å². The lowest BCUT2D eigenvalue weighted by Gasteiger charge is -2.17. The normalized spacial score (nSPS) is 20.2. The van der Waals surface area contributed by atoms with E-state index in [1.807, 2.05) is 0 Å². The van der Waals surface area contributed by atoms with Crippen molar-refractivity contribution in [2.24, 2.45) is 5.92 Å². The van der Waals surface area contributed by atoms with Crippen LogP contribution in [-0.4, -0.2) is 32.9 Å². The van der Waals surface area contributed by atoms with Crippen molar-refractivity contribution in [3.05, 3.63) is 40.1 Å². The second kappa shape index (κ2) is 6.31. The van der Waals surface area contributed by atoms with E-state index in [1.165, 1.54) is 12.1 Å². The molecule has 1 fully saturated rings. The Kier molecular flexibility index (Phi) is 4.20. The van der Waals surface area contributed by atoms with Gasteiger partial charge >= 0.3 is 5.97 Å². The summed E-state index contributed by atoms with van der Waals surface area (Å²) in [5, 5.41) is 23.5. The molecule has 1 aliphatic carbocycles. The maximum absolute atomic E-state index is 12.2. The van der Waals surface area contributed by atoms with Crippen molar-refractivity contribution in [2.75, 3.05) is 0 Å². The Morgan fingerprint density at radius 1 is 1.38 bits per heavy atom. The van der Waals surface area contributed by atoms with Crippen LogP contribution in [-0.2, 0) is 16.0 Å². The molecule has 0 saturated heterocycles. The number of amides is 1. The number of aliphatic carboxylic acids is 1. The molecule has 0 aliphatic heterocycles. The van der Waals surface area contributed by atoms with E-state index in [9.17, 15) is 19.7 Å². The van der Waals surface area contributed by atoms with Crippen molar-refractivity contribution in [3.63, 3.8) is 0 Å². The molecular formula is C16H17N3O5. The van der Waals surface area contributed by atoms with Crippen LogP contribution in [0.3, 0.4) is 0 Å². The minimum atomic E-state index is -0.888. The number of fused-ring (bicyclic) bond motifs is 1. The summed E-state index contributed by atoms with van der Waals surface area (Å²) in [5.41, 5.74) is 1.33. The summed E-state index contributed by atoms with van der Waals surface area (Å²) in [7, 11) is 0. The fourth-order valence-electron chi connectivity index (χ4n) is 3.29. The minimum absolute atomic E-state index is 0.0366. The van der Waals surface area contributed by atoms with Crippen molar-refractivity contribution in [2.45, 2.75) is 31.7 Å². The van der Waals surface area contributed by atoms with Crippen LogP contribution >= 0.6 is 0 Å². The topological polar surface area (TPSA) is 125 Å². The highest BCUT2D eigenvalue weighted by molar-refractivity contribution is 5.90. The van der Waals surface area contributed by atoms with Gasteiger partial charge in [-0.15, -0.1) is 0 Å². The number of carboxylic acids is 1. The van der Waals surface area contributed by atoms with Gasteiger partial charge in [-0.25, -0.2) is 0 Å². The number of aromatic amines is 1. The van der Waals surface area contributed by atoms with Gasteiger partial charge in [0.05, 0.1) is 17.3 Å². The number of carbonyl (C=O) groups is 2. The van der Waals surface area contributed by atoms with Gasteiger partial charge in [0.15, 0.2) is 0 Å². The van der Waals surface area contributed by atoms with E-state index in [1.54, 1.807) is 12.3 Å². The van der Waals surface area contributed by atoms with Gasteiger partial charge in [0.1, 0.15) is 0 Å². The van der Waals surface area contributed by atoms with Crippen molar-refractivity contribution in [1.29, 1.82) is 0 Å². The van der Waals surface area contributed by atoms with Crippen LogP contribution in [0.15, 0.2) is 24.4 Å². The van der Waals surface area contributed by atoms with Crippen LogP contribution in [0.5, 0.6) is 0 Å². The van der Waals surface area contributed by atoms with Crippen molar-refractivity contribution >= 4 is 28.5 Å². The number of H-pyrrole nitrogens is 1. The van der Waals surface area contributed by atoms with E-state index in [0.717, 1.165) is 6.42 Å². The van der Waals surface area contributed by atoms with Crippen LogP contribution in [0.25, 0.3) is 10.9 Å². The zero-order valence-corrected chi connectivity index (χ0v) is 12.8. The maximum Gasteiger partial charge on any atom is 0.308 e. The lowest BCUT2D eigenvalue weighted by atomic mass is 10.0. The average Bonchev–Trinajstić information content (AvgIpc) is 3.14. The minimum Gasteiger partial charge on any atom is -0.481 e. The third-order valence-electron chi connectivity index (χ3n) is 4.49. The van der Waals surface area contributed by atoms with Gasteiger partial charge < -0.3 is 15.4 Å². The SMILES string of the molecule is O=C(Cc1c[nH]c2ccc([N+](=O)[O-])cc12)N[C@H]1CCC[C@H]1C(=O)O. The predicted molar refractivity (Wildman–Crippen MR) is 85.6 cm³/mol. The van der Waals surface area contributed by atoms with Crippen molar-refractivity contribution in [1.82, 2.24) is 10.3 Å². The van der Waals surface area contributed by atoms with Crippen LogP contribution in [0.1, 0.15) is 24.8 Å². The number of hydrogen-bond acceptors (Lipinski definition) is 4. The highest BCUT2D eigenvalue weighted by Gasteiger charge is 2.33. The molecule has 0 spiro atoms. The summed E-state index contributed by atoms with van der Waals surface area (Å²) < 4.78 is 0. The molecule has 2 atom stereocenters. The highest BCUT2D eigenvalue weighted by Crippen LogP contribution is 2.27. The van der Waals surface area contributed by atoms with Gasteiger partial charge in [-0.2, -0.15) is 0 Å². The molecule has 0 unspecified atom stereocenters. The van der Waals surface area contributed by atoms with Gasteiger partial charge in [0, 0.05) is 35.3 Å². The van der Waals surface area contributed by atoms with Crippen LogP contribution in [0, 0.1) is 16.0 Å². The molecule has 1 saturated carbocycles. The lowest BCUT2D eigenvalue weighted by Crippen LogP contribution is -2.40. The number of aromatic nitrogens is 1. The fraction of sp³-hybridized carbons (Fsp3) is 0.375. The van der Waals surface area contributed by atoms with Crippen LogP contribution in [0.4, 0.5) is 5.69 Å². The first-order valence-corrected chi connectivity index (χ1v) is 7.72. The standard InChI is InChI=1S/C16H17N3O5/c20-15(18-14-3-1-2-11(14)16(21)22)6-9-8-17-13-5-4-10(19(23)24)7-12(9)13/h4-5,7-8,11,14,17H,1-3,6H2,(H,18,20)(H,21,22)/t11-,14+/m1/s1. The Morgan fingerprint density at radius 2 is 2.17 bits per heavy atom. The lowest BCUT2D eigenvalue weighted by molar-refractivity contribution is -0.384. The first-order chi connectivity index (χ1) is 11.5. The molecule has 8 heteroatoms. The van der Waals surface area contributed by atoms with E-state index in [0.29, 0.717) is 29.3 Å². The largest absolute Gasteiger partial charge is 0.481 e. The molecule has 126 valence electrons.